The topological polar surface area (TPSA) is 104 Å². The predicted octanol–water partition coefficient (Wildman–Crippen LogP) is 3.31. The zero-order chi connectivity index (χ0) is 20.4. The molecule has 2 rings (SSSR count). The van der Waals surface area contributed by atoms with Crippen LogP contribution in [0.5, 0.6) is 17.2 Å². The first-order chi connectivity index (χ1) is 13.5. The number of carbonyl (C=O) groups excluding carboxylic acids is 1. The van der Waals surface area contributed by atoms with Crippen LogP contribution in [0.1, 0.15) is 48.9 Å². The van der Waals surface area contributed by atoms with Crippen LogP contribution in [0, 0.1) is 0 Å². The van der Waals surface area contributed by atoms with Gasteiger partial charge >= 0.3 is 11.1 Å². The smallest absolute Gasteiger partial charge is 0.358 e. The fourth-order valence-corrected chi connectivity index (χ4v) is 3.54. The van der Waals surface area contributed by atoms with E-state index in [-0.39, 0.29) is 12.2 Å². The molecule has 0 fully saturated rings. The molecule has 0 atom stereocenters. The number of phenolic OH excluding ortho intramolecular Hbond substituents is 3. The van der Waals surface area contributed by atoms with Gasteiger partial charge in [0.25, 0.3) is 0 Å². The Bertz CT molecular complexity index is 762. The Morgan fingerprint density at radius 1 is 1.07 bits per heavy atom. The van der Waals surface area contributed by atoms with Gasteiger partial charge in [0.2, 0.25) is 0 Å². The standard InChI is InChI=1S/C20H26N2O5S/c1-22-10-8-9-21-20(22)28-12-7-5-3-2-4-6-11-27-19(26)15-13-16(23)18(25)17(24)14-15/h8-10,13-14H,2-7,11-12H2,1H3,(H2-,23,24,25,26)/p+1. The zero-order valence-electron chi connectivity index (χ0n) is 16.0. The number of unbranched alkanes of at least 4 members (excludes halogenated alkanes) is 5. The Balaban J connectivity index is 1.50. The summed E-state index contributed by atoms with van der Waals surface area (Å²) in [5, 5.41) is 29.1. The van der Waals surface area contributed by atoms with Crippen LogP contribution in [0.4, 0.5) is 0 Å². The molecule has 7 nitrogen and oxygen atoms in total. The van der Waals surface area contributed by atoms with E-state index in [4.69, 9.17) is 4.74 Å². The molecule has 0 unspecified atom stereocenters. The molecular formula is C20H27N2O5S+. The number of hydrogen-bond donors (Lipinski definition) is 3. The number of thioether (sulfide) groups is 1. The second-order valence-corrected chi connectivity index (χ2v) is 7.54. The van der Waals surface area contributed by atoms with Crippen molar-refractivity contribution in [2.45, 2.75) is 43.7 Å². The lowest BCUT2D eigenvalue weighted by atomic mass is 10.1. The number of hydrogen-bond acceptors (Lipinski definition) is 7. The van der Waals surface area contributed by atoms with Crippen LogP contribution in [0.25, 0.3) is 0 Å². The van der Waals surface area contributed by atoms with Crippen LogP contribution < -0.4 is 4.57 Å². The van der Waals surface area contributed by atoms with E-state index in [2.05, 4.69) is 4.98 Å². The lowest BCUT2D eigenvalue weighted by Crippen LogP contribution is -2.31. The minimum absolute atomic E-state index is 0.00612. The molecule has 0 spiro atoms. The van der Waals surface area contributed by atoms with Crippen LogP contribution in [0.2, 0.25) is 0 Å². The van der Waals surface area contributed by atoms with E-state index >= 15 is 0 Å². The first-order valence-electron chi connectivity index (χ1n) is 9.34. The zero-order valence-corrected chi connectivity index (χ0v) is 16.8. The summed E-state index contributed by atoms with van der Waals surface area (Å²) < 4.78 is 7.15. The molecule has 0 aliphatic carbocycles. The monoisotopic (exact) mass is 407 g/mol. The number of nitrogens with zero attached hydrogens (tertiary/aromatic N) is 2. The highest BCUT2D eigenvalue weighted by atomic mass is 32.2. The highest BCUT2D eigenvalue weighted by Crippen LogP contribution is 2.35. The fraction of sp³-hybridized carbons (Fsp3) is 0.450. The van der Waals surface area contributed by atoms with Crippen molar-refractivity contribution in [1.82, 2.24) is 4.98 Å². The van der Waals surface area contributed by atoms with Crippen LogP contribution in [-0.4, -0.2) is 38.6 Å². The molecule has 0 aliphatic heterocycles. The molecule has 3 N–H and O–H groups in total. The first kappa shape index (κ1) is 21.8. The maximum Gasteiger partial charge on any atom is 0.358 e. The van der Waals surface area contributed by atoms with E-state index in [1.165, 1.54) is 0 Å². The molecule has 0 amide bonds. The van der Waals surface area contributed by atoms with Crippen LogP contribution >= 0.6 is 11.8 Å². The van der Waals surface area contributed by atoms with Crippen molar-refractivity contribution in [2.75, 3.05) is 12.4 Å². The second-order valence-electron chi connectivity index (χ2n) is 6.48. The third-order valence-electron chi connectivity index (χ3n) is 4.19. The Hall–Kier alpha value is -2.48. The van der Waals surface area contributed by atoms with Gasteiger partial charge in [0.05, 0.1) is 25.4 Å². The molecule has 1 aromatic carbocycles. The summed E-state index contributed by atoms with van der Waals surface area (Å²) >= 11 is 1.77. The molecule has 0 aliphatic rings. The summed E-state index contributed by atoms with van der Waals surface area (Å²) in [6.07, 6.45) is 10.1. The summed E-state index contributed by atoms with van der Waals surface area (Å²) in [5.41, 5.74) is 0.00612. The number of benzene rings is 1. The van der Waals surface area contributed by atoms with Gasteiger partial charge in [-0.2, -0.15) is 0 Å². The summed E-state index contributed by atoms with van der Waals surface area (Å²) in [5.74, 6) is -1.34. The molecule has 8 heteroatoms. The fourth-order valence-electron chi connectivity index (χ4n) is 2.61. The van der Waals surface area contributed by atoms with E-state index in [0.29, 0.717) is 0 Å². The van der Waals surface area contributed by atoms with Crippen molar-refractivity contribution in [1.29, 1.82) is 0 Å². The Kier molecular flexibility index (Phi) is 8.87. The predicted molar refractivity (Wildman–Crippen MR) is 106 cm³/mol. The van der Waals surface area contributed by atoms with Gasteiger partial charge in [-0.3, -0.25) is 0 Å². The van der Waals surface area contributed by atoms with Crippen LogP contribution in [0.15, 0.2) is 35.7 Å². The van der Waals surface area contributed by atoms with Gasteiger partial charge in [-0.1, -0.05) is 25.7 Å². The number of ether oxygens (including phenoxy) is 1. The highest BCUT2D eigenvalue weighted by molar-refractivity contribution is 7.99. The molecule has 2 aromatic rings. The first-order valence-corrected chi connectivity index (χ1v) is 10.3. The summed E-state index contributed by atoms with van der Waals surface area (Å²) in [6, 6.07) is 4.06. The lowest BCUT2D eigenvalue weighted by Gasteiger charge is -2.07. The SMILES string of the molecule is C[n+]1cccnc1SCCCCCCCCOC(=O)c1cc(O)c(O)c(O)c1. The van der Waals surface area contributed by atoms with Gasteiger partial charge in [-0.25, -0.2) is 9.36 Å². The molecule has 1 heterocycles. The normalized spacial score (nSPS) is 10.8. The molecule has 0 saturated carbocycles. The molecular weight excluding hydrogens is 380 g/mol. The van der Waals surface area contributed by atoms with E-state index in [1.54, 1.807) is 11.8 Å². The largest absolute Gasteiger partial charge is 0.504 e. The van der Waals surface area contributed by atoms with Gasteiger partial charge in [0.15, 0.2) is 17.2 Å². The van der Waals surface area contributed by atoms with Gasteiger partial charge in [-0.15, -0.1) is 0 Å². The van der Waals surface area contributed by atoms with Crippen molar-refractivity contribution < 1.29 is 29.4 Å². The number of esters is 1. The van der Waals surface area contributed by atoms with E-state index in [1.807, 2.05) is 30.1 Å². The van der Waals surface area contributed by atoms with Crippen molar-refractivity contribution in [2.24, 2.45) is 7.05 Å². The molecule has 0 saturated heterocycles. The summed E-state index contributed by atoms with van der Waals surface area (Å²) in [6.45, 7) is 0.285. The summed E-state index contributed by atoms with van der Waals surface area (Å²) in [7, 11) is 2.00. The van der Waals surface area contributed by atoms with Crippen molar-refractivity contribution in [3.63, 3.8) is 0 Å². The van der Waals surface area contributed by atoms with Crippen molar-refractivity contribution in [3.05, 3.63) is 36.2 Å². The number of carbonyl (C=O) groups is 1. The van der Waals surface area contributed by atoms with Gasteiger partial charge in [-0.05, 0) is 41.7 Å². The molecule has 1 aromatic heterocycles. The van der Waals surface area contributed by atoms with Crippen LogP contribution in [-0.2, 0) is 11.8 Å². The summed E-state index contributed by atoms with van der Waals surface area (Å²) in [4.78, 5) is 16.2. The Morgan fingerprint density at radius 2 is 1.71 bits per heavy atom. The number of phenols is 3. The van der Waals surface area contributed by atoms with Gasteiger partial charge < -0.3 is 20.1 Å². The molecule has 152 valence electrons. The molecule has 0 radical (unpaired) electrons. The Morgan fingerprint density at radius 3 is 2.39 bits per heavy atom. The lowest BCUT2D eigenvalue weighted by molar-refractivity contribution is -0.713. The number of aryl methyl sites for hydroxylation is 1. The minimum atomic E-state index is -0.649. The highest BCUT2D eigenvalue weighted by Gasteiger charge is 2.14. The maximum absolute atomic E-state index is 11.9. The molecule has 0 bridgehead atoms. The average molecular weight is 408 g/mol. The maximum atomic E-state index is 11.9. The van der Waals surface area contributed by atoms with Gasteiger partial charge in [0.1, 0.15) is 6.20 Å². The third-order valence-corrected chi connectivity index (χ3v) is 5.34. The van der Waals surface area contributed by atoms with Crippen LogP contribution in [0.3, 0.4) is 0 Å². The quantitative estimate of drug-likeness (QED) is 0.131. The van der Waals surface area contributed by atoms with E-state index in [9.17, 15) is 20.1 Å². The van der Waals surface area contributed by atoms with Crippen molar-refractivity contribution in [3.8, 4) is 17.2 Å². The second kappa shape index (κ2) is 11.4. The number of rotatable bonds is 11. The number of aromatic nitrogens is 2. The van der Waals surface area contributed by atoms with Crippen molar-refractivity contribution >= 4 is 17.7 Å². The molecule has 28 heavy (non-hydrogen) atoms. The average Bonchev–Trinajstić information content (AvgIpc) is 2.68. The van der Waals surface area contributed by atoms with E-state index in [0.717, 1.165) is 61.6 Å². The van der Waals surface area contributed by atoms with Gasteiger partial charge in [0, 0.05) is 11.8 Å². The van der Waals surface area contributed by atoms with E-state index < -0.39 is 23.2 Å². The minimum Gasteiger partial charge on any atom is -0.504 e. The third kappa shape index (κ3) is 6.92. The Labute approximate surface area is 169 Å². The number of aromatic hydroxyl groups is 3.